The second kappa shape index (κ2) is 2.70. The van der Waals surface area contributed by atoms with Crippen molar-refractivity contribution in [2.24, 2.45) is 5.92 Å². The van der Waals surface area contributed by atoms with Crippen molar-refractivity contribution < 1.29 is 0 Å². The molecule has 7 heavy (non-hydrogen) atoms. The van der Waals surface area contributed by atoms with Crippen LogP contribution < -0.4 is 0 Å². The maximum absolute atomic E-state index is 2.45. The number of rotatable bonds is 1. The third-order valence-corrected chi connectivity index (χ3v) is 2.57. The summed E-state index contributed by atoms with van der Waals surface area (Å²) in [6.07, 6.45) is 7.21. The highest BCUT2D eigenvalue weighted by molar-refractivity contribution is 14.1. The van der Waals surface area contributed by atoms with Crippen LogP contribution in [-0.4, -0.2) is 4.43 Å². The summed E-state index contributed by atoms with van der Waals surface area (Å²) in [4.78, 5) is 0. The van der Waals surface area contributed by atoms with Gasteiger partial charge in [0.15, 0.2) is 0 Å². The highest BCUT2D eigenvalue weighted by Crippen LogP contribution is 2.19. The molecule has 0 radical (unpaired) electrons. The van der Waals surface area contributed by atoms with Crippen molar-refractivity contribution in [2.45, 2.75) is 12.8 Å². The molecule has 0 aliphatic heterocycles. The molecule has 0 bridgehead atoms. The zero-order valence-electron chi connectivity index (χ0n) is 4.23. The molecule has 0 spiro atoms. The molecule has 0 fully saturated rings. The van der Waals surface area contributed by atoms with E-state index in [-0.39, 0.29) is 0 Å². The van der Waals surface area contributed by atoms with Gasteiger partial charge in [-0.05, 0) is 18.8 Å². The van der Waals surface area contributed by atoms with Crippen LogP contribution >= 0.6 is 22.6 Å². The van der Waals surface area contributed by atoms with E-state index in [0.717, 1.165) is 5.92 Å². The van der Waals surface area contributed by atoms with Gasteiger partial charge in [-0.25, -0.2) is 0 Å². The first-order valence-corrected chi connectivity index (χ1v) is 4.17. The Balaban J connectivity index is 2.22. The van der Waals surface area contributed by atoms with E-state index in [1.165, 1.54) is 17.3 Å². The minimum Gasteiger partial charge on any atom is -0.0882 e. The molecule has 0 saturated carbocycles. The van der Waals surface area contributed by atoms with Gasteiger partial charge in [-0.1, -0.05) is 34.7 Å². The molecule has 0 aromatic carbocycles. The minimum absolute atomic E-state index is 0.973. The molecular weight excluding hydrogens is 199 g/mol. The molecule has 0 amide bonds. The molecular formula is C6H9I. The molecule has 1 aliphatic carbocycles. The predicted molar refractivity (Wildman–Crippen MR) is 40.8 cm³/mol. The lowest BCUT2D eigenvalue weighted by Gasteiger charge is -1.98. The Hall–Kier alpha value is 0.470. The summed E-state index contributed by atoms with van der Waals surface area (Å²) in [7, 11) is 0. The zero-order chi connectivity index (χ0) is 5.11. The SMILES string of the molecule is ICC1CC=CC1. The highest BCUT2D eigenvalue weighted by atomic mass is 127. The Morgan fingerprint density at radius 3 is 2.29 bits per heavy atom. The molecule has 0 aromatic heterocycles. The van der Waals surface area contributed by atoms with Crippen molar-refractivity contribution in [3.63, 3.8) is 0 Å². The van der Waals surface area contributed by atoms with Crippen molar-refractivity contribution in [1.29, 1.82) is 0 Å². The Morgan fingerprint density at radius 1 is 1.43 bits per heavy atom. The first-order chi connectivity index (χ1) is 3.43. The fourth-order valence-corrected chi connectivity index (χ4v) is 1.52. The van der Waals surface area contributed by atoms with Crippen LogP contribution in [0.5, 0.6) is 0 Å². The minimum atomic E-state index is 0.973. The third-order valence-electron chi connectivity index (χ3n) is 1.32. The molecule has 1 heteroatoms. The van der Waals surface area contributed by atoms with E-state index in [4.69, 9.17) is 0 Å². The standard InChI is InChI=1S/C6H9I/c7-5-6-3-1-2-4-6/h1-2,6H,3-5H2. The third kappa shape index (κ3) is 1.44. The van der Waals surface area contributed by atoms with Crippen LogP contribution in [-0.2, 0) is 0 Å². The van der Waals surface area contributed by atoms with Crippen molar-refractivity contribution in [3.8, 4) is 0 Å². The average Bonchev–Trinajstić information content (AvgIpc) is 2.14. The summed E-state index contributed by atoms with van der Waals surface area (Å²) in [5, 5.41) is 0. The zero-order valence-corrected chi connectivity index (χ0v) is 6.39. The molecule has 40 valence electrons. The van der Waals surface area contributed by atoms with E-state index >= 15 is 0 Å². The largest absolute Gasteiger partial charge is 0.0882 e. The monoisotopic (exact) mass is 208 g/mol. The quantitative estimate of drug-likeness (QED) is 0.352. The van der Waals surface area contributed by atoms with E-state index in [1.54, 1.807) is 0 Å². The molecule has 0 unspecified atom stereocenters. The molecule has 1 aliphatic rings. The summed E-state index contributed by atoms with van der Waals surface area (Å²) in [5.41, 5.74) is 0. The van der Waals surface area contributed by atoms with E-state index in [1.807, 2.05) is 0 Å². The van der Waals surface area contributed by atoms with Gasteiger partial charge in [-0.3, -0.25) is 0 Å². The van der Waals surface area contributed by atoms with E-state index in [2.05, 4.69) is 34.7 Å². The number of hydrogen-bond donors (Lipinski definition) is 0. The van der Waals surface area contributed by atoms with Crippen LogP contribution in [0.4, 0.5) is 0 Å². The summed E-state index contributed by atoms with van der Waals surface area (Å²) >= 11 is 2.45. The Morgan fingerprint density at radius 2 is 2.00 bits per heavy atom. The smallest absolute Gasteiger partial charge is 0.00296 e. The summed E-state index contributed by atoms with van der Waals surface area (Å²) in [6.45, 7) is 0. The maximum atomic E-state index is 2.45. The second-order valence-corrected chi connectivity index (χ2v) is 2.84. The van der Waals surface area contributed by atoms with Gasteiger partial charge in [0.1, 0.15) is 0 Å². The van der Waals surface area contributed by atoms with Gasteiger partial charge in [0, 0.05) is 4.43 Å². The molecule has 0 atom stereocenters. The van der Waals surface area contributed by atoms with Crippen LogP contribution in [0.3, 0.4) is 0 Å². The van der Waals surface area contributed by atoms with Gasteiger partial charge < -0.3 is 0 Å². The second-order valence-electron chi connectivity index (χ2n) is 1.96. The van der Waals surface area contributed by atoms with Gasteiger partial charge >= 0.3 is 0 Å². The topological polar surface area (TPSA) is 0 Å². The summed E-state index contributed by atoms with van der Waals surface area (Å²) < 4.78 is 1.32. The number of allylic oxidation sites excluding steroid dienone is 2. The average molecular weight is 208 g/mol. The van der Waals surface area contributed by atoms with Crippen LogP contribution in [0.15, 0.2) is 12.2 Å². The van der Waals surface area contributed by atoms with Gasteiger partial charge in [0.25, 0.3) is 0 Å². The normalized spacial score (nSPS) is 21.3. The Kier molecular flexibility index (Phi) is 2.16. The number of halogens is 1. The van der Waals surface area contributed by atoms with Gasteiger partial charge in [-0.2, -0.15) is 0 Å². The van der Waals surface area contributed by atoms with E-state index in [9.17, 15) is 0 Å². The molecule has 0 heterocycles. The predicted octanol–water partition coefficient (Wildman–Crippen LogP) is 2.39. The fourth-order valence-electron chi connectivity index (χ4n) is 0.800. The van der Waals surface area contributed by atoms with Crippen LogP contribution in [0, 0.1) is 5.92 Å². The van der Waals surface area contributed by atoms with Gasteiger partial charge in [0.05, 0.1) is 0 Å². The maximum Gasteiger partial charge on any atom is 0.00296 e. The molecule has 0 saturated heterocycles. The van der Waals surface area contributed by atoms with E-state index < -0.39 is 0 Å². The first-order valence-electron chi connectivity index (χ1n) is 2.64. The Bertz CT molecular complexity index is 68.2. The van der Waals surface area contributed by atoms with Crippen molar-refractivity contribution in [3.05, 3.63) is 12.2 Å². The molecule has 1 rings (SSSR count). The Labute approximate surface area is 58.1 Å². The lowest BCUT2D eigenvalue weighted by molar-refractivity contribution is 0.660. The molecule has 0 aromatic rings. The number of hydrogen-bond acceptors (Lipinski definition) is 0. The lowest BCUT2D eigenvalue weighted by Crippen LogP contribution is -1.91. The lowest BCUT2D eigenvalue weighted by atomic mass is 10.1. The van der Waals surface area contributed by atoms with Crippen molar-refractivity contribution >= 4 is 22.6 Å². The highest BCUT2D eigenvalue weighted by Gasteiger charge is 2.05. The van der Waals surface area contributed by atoms with Crippen LogP contribution in [0.1, 0.15) is 12.8 Å². The van der Waals surface area contributed by atoms with Crippen LogP contribution in [0.2, 0.25) is 0 Å². The fraction of sp³-hybridized carbons (Fsp3) is 0.667. The van der Waals surface area contributed by atoms with E-state index in [0.29, 0.717) is 0 Å². The first kappa shape index (κ1) is 5.60. The molecule has 0 N–H and O–H groups in total. The van der Waals surface area contributed by atoms with Gasteiger partial charge in [0.2, 0.25) is 0 Å². The van der Waals surface area contributed by atoms with Gasteiger partial charge in [-0.15, -0.1) is 0 Å². The van der Waals surface area contributed by atoms with Crippen LogP contribution in [0.25, 0.3) is 0 Å². The van der Waals surface area contributed by atoms with Crippen molar-refractivity contribution in [2.75, 3.05) is 4.43 Å². The summed E-state index contributed by atoms with van der Waals surface area (Å²) in [5.74, 6) is 0.973. The number of alkyl halides is 1. The van der Waals surface area contributed by atoms with Crippen molar-refractivity contribution in [1.82, 2.24) is 0 Å². The molecule has 0 nitrogen and oxygen atoms in total. The summed E-state index contributed by atoms with van der Waals surface area (Å²) in [6, 6.07) is 0.